The van der Waals surface area contributed by atoms with E-state index in [9.17, 15) is 14.4 Å². The maximum Gasteiger partial charge on any atom is 0.325 e. The smallest absolute Gasteiger partial charge is 0.325 e. The molecule has 1 aliphatic heterocycles. The highest BCUT2D eigenvalue weighted by molar-refractivity contribution is 6.11. The minimum atomic E-state index is -0.803. The molecule has 1 saturated heterocycles. The SMILES string of the molecule is Cc1cc(-n2c(C)cc(C(=O)CN3C(=O)NC4(C3=O)C3CCCC4CCC3)c2C)no1. The van der Waals surface area contributed by atoms with Crippen molar-refractivity contribution in [3.63, 3.8) is 0 Å². The zero-order valence-electron chi connectivity index (χ0n) is 18.2. The van der Waals surface area contributed by atoms with Gasteiger partial charge in [-0.2, -0.15) is 0 Å². The van der Waals surface area contributed by atoms with E-state index in [0.29, 0.717) is 22.8 Å². The van der Waals surface area contributed by atoms with E-state index in [1.807, 2.05) is 25.3 Å². The first-order valence-electron chi connectivity index (χ1n) is 11.1. The average molecular weight is 425 g/mol. The summed E-state index contributed by atoms with van der Waals surface area (Å²) < 4.78 is 7.02. The van der Waals surface area contributed by atoms with Gasteiger partial charge in [0, 0.05) is 23.0 Å². The van der Waals surface area contributed by atoms with Gasteiger partial charge in [-0.1, -0.05) is 18.0 Å². The molecule has 0 atom stereocenters. The predicted molar refractivity (Wildman–Crippen MR) is 112 cm³/mol. The summed E-state index contributed by atoms with van der Waals surface area (Å²) in [6, 6.07) is 3.15. The number of carbonyl (C=O) groups is 3. The monoisotopic (exact) mass is 424 g/mol. The number of imide groups is 1. The van der Waals surface area contributed by atoms with Crippen molar-refractivity contribution in [3.05, 3.63) is 34.8 Å². The molecule has 8 nitrogen and oxygen atoms in total. The third-order valence-electron chi connectivity index (χ3n) is 7.53. The van der Waals surface area contributed by atoms with Crippen LogP contribution in [0.2, 0.25) is 0 Å². The van der Waals surface area contributed by atoms with Crippen LogP contribution in [-0.2, 0) is 4.79 Å². The van der Waals surface area contributed by atoms with Crippen LogP contribution in [0.3, 0.4) is 0 Å². The number of hydrogen-bond acceptors (Lipinski definition) is 5. The Morgan fingerprint density at radius 1 is 1.13 bits per heavy atom. The molecule has 0 unspecified atom stereocenters. The van der Waals surface area contributed by atoms with Gasteiger partial charge >= 0.3 is 6.03 Å². The Labute approximate surface area is 180 Å². The van der Waals surface area contributed by atoms with Crippen LogP contribution in [0, 0.1) is 32.6 Å². The number of rotatable bonds is 4. The molecule has 31 heavy (non-hydrogen) atoms. The van der Waals surface area contributed by atoms with Crippen LogP contribution in [0.5, 0.6) is 0 Å². The molecule has 3 aliphatic rings. The maximum absolute atomic E-state index is 13.5. The Bertz CT molecular complexity index is 1060. The average Bonchev–Trinajstić information content (AvgIpc) is 3.33. The highest BCUT2D eigenvalue weighted by Crippen LogP contribution is 2.50. The van der Waals surface area contributed by atoms with Crippen LogP contribution >= 0.6 is 0 Å². The molecule has 0 radical (unpaired) electrons. The second-order valence-electron chi connectivity index (χ2n) is 9.29. The van der Waals surface area contributed by atoms with E-state index in [-0.39, 0.29) is 30.1 Å². The number of carbonyl (C=O) groups excluding carboxylic acids is 3. The van der Waals surface area contributed by atoms with Crippen molar-refractivity contribution in [1.82, 2.24) is 19.9 Å². The van der Waals surface area contributed by atoms with Crippen LogP contribution in [0.4, 0.5) is 4.79 Å². The molecule has 5 rings (SSSR count). The summed E-state index contributed by atoms with van der Waals surface area (Å²) in [5.41, 5.74) is 1.24. The lowest BCUT2D eigenvalue weighted by Crippen LogP contribution is -2.62. The van der Waals surface area contributed by atoms with Gasteiger partial charge in [0.25, 0.3) is 5.91 Å². The summed E-state index contributed by atoms with van der Waals surface area (Å²) in [4.78, 5) is 40.7. The zero-order valence-corrected chi connectivity index (χ0v) is 18.2. The van der Waals surface area contributed by atoms with E-state index in [2.05, 4.69) is 10.5 Å². The minimum absolute atomic E-state index is 0.178. The standard InChI is InChI=1S/C23H28N4O4/c1-13-10-18(15(3)27(13)20-11-14(2)31-25-20)19(28)12-26-21(29)23(24-22(26)30)16-6-4-7-17(23)9-5-8-16/h10-11,16-17H,4-9,12H2,1-3H3,(H,24,30). The summed E-state index contributed by atoms with van der Waals surface area (Å²) in [6.45, 7) is 5.29. The molecule has 2 aromatic rings. The van der Waals surface area contributed by atoms with E-state index in [0.717, 1.165) is 49.1 Å². The summed E-state index contributed by atoms with van der Waals surface area (Å²) in [5, 5.41) is 7.09. The first-order chi connectivity index (χ1) is 14.8. The molecule has 2 aliphatic carbocycles. The maximum atomic E-state index is 13.5. The number of Topliss-reactive ketones (excluding diaryl/α,β-unsaturated/α-hetero) is 1. The van der Waals surface area contributed by atoms with Crippen LogP contribution < -0.4 is 5.32 Å². The number of aryl methyl sites for hydroxylation is 2. The highest BCUT2D eigenvalue weighted by atomic mass is 16.5. The number of amides is 3. The molecule has 1 spiro atoms. The Morgan fingerprint density at radius 3 is 2.35 bits per heavy atom. The van der Waals surface area contributed by atoms with Crippen LogP contribution in [0.25, 0.3) is 5.82 Å². The van der Waals surface area contributed by atoms with E-state index in [1.54, 1.807) is 12.1 Å². The summed E-state index contributed by atoms with van der Waals surface area (Å²) in [6.07, 6.45) is 6.05. The lowest BCUT2D eigenvalue weighted by molar-refractivity contribution is -0.139. The molecule has 164 valence electrons. The topological polar surface area (TPSA) is 97.4 Å². The molecular weight excluding hydrogens is 396 g/mol. The van der Waals surface area contributed by atoms with Crippen molar-refractivity contribution in [3.8, 4) is 5.82 Å². The largest absolute Gasteiger partial charge is 0.360 e. The fourth-order valence-corrected chi connectivity index (χ4v) is 6.15. The van der Waals surface area contributed by atoms with E-state index in [1.165, 1.54) is 0 Å². The number of nitrogens with zero attached hydrogens (tertiary/aromatic N) is 3. The van der Waals surface area contributed by atoms with E-state index < -0.39 is 11.6 Å². The van der Waals surface area contributed by atoms with Crippen molar-refractivity contribution in [2.75, 3.05) is 6.54 Å². The van der Waals surface area contributed by atoms with Gasteiger partial charge in [0.05, 0.1) is 6.54 Å². The lowest BCUT2D eigenvalue weighted by atomic mass is 9.59. The Morgan fingerprint density at radius 2 is 1.77 bits per heavy atom. The van der Waals surface area contributed by atoms with Crippen molar-refractivity contribution < 1.29 is 18.9 Å². The zero-order chi connectivity index (χ0) is 21.9. The van der Waals surface area contributed by atoms with Gasteiger partial charge in [0.15, 0.2) is 11.6 Å². The van der Waals surface area contributed by atoms with Crippen molar-refractivity contribution in [1.29, 1.82) is 0 Å². The molecular formula is C23H28N4O4. The van der Waals surface area contributed by atoms with Crippen molar-refractivity contribution in [2.45, 2.75) is 64.8 Å². The van der Waals surface area contributed by atoms with Gasteiger partial charge in [-0.25, -0.2) is 4.79 Å². The fourth-order valence-electron chi connectivity index (χ4n) is 6.15. The molecule has 2 bridgehead atoms. The molecule has 3 heterocycles. The first kappa shape index (κ1) is 20.0. The molecule has 3 amide bonds. The quantitative estimate of drug-likeness (QED) is 0.599. The minimum Gasteiger partial charge on any atom is -0.360 e. The molecule has 2 aromatic heterocycles. The van der Waals surface area contributed by atoms with E-state index >= 15 is 0 Å². The molecule has 8 heteroatoms. The van der Waals surface area contributed by atoms with Crippen molar-refractivity contribution >= 4 is 17.7 Å². The van der Waals surface area contributed by atoms with Crippen LogP contribution in [0.15, 0.2) is 16.7 Å². The number of nitrogens with one attached hydrogen (secondary N) is 1. The number of ketones is 1. The van der Waals surface area contributed by atoms with Crippen molar-refractivity contribution in [2.24, 2.45) is 11.8 Å². The fraction of sp³-hybridized carbons (Fsp3) is 0.565. The van der Waals surface area contributed by atoms with Crippen LogP contribution in [0.1, 0.15) is 66.0 Å². The Kier molecular flexibility index (Phi) is 4.57. The Hall–Kier alpha value is -2.90. The van der Waals surface area contributed by atoms with Gasteiger partial charge in [-0.15, -0.1) is 0 Å². The molecule has 1 N–H and O–H groups in total. The van der Waals surface area contributed by atoms with E-state index in [4.69, 9.17) is 4.52 Å². The van der Waals surface area contributed by atoms with Gasteiger partial charge in [0.1, 0.15) is 11.3 Å². The molecule has 3 fully saturated rings. The van der Waals surface area contributed by atoms with Gasteiger partial charge < -0.3 is 9.84 Å². The summed E-state index contributed by atoms with van der Waals surface area (Å²) in [5.74, 6) is 1.19. The Balaban J connectivity index is 1.41. The van der Waals surface area contributed by atoms with Gasteiger partial charge in [-0.05, 0) is 64.4 Å². The third kappa shape index (κ3) is 2.87. The molecule has 0 aromatic carbocycles. The van der Waals surface area contributed by atoms with Gasteiger partial charge in [-0.3, -0.25) is 19.1 Å². The van der Waals surface area contributed by atoms with Crippen LogP contribution in [-0.4, -0.2) is 44.4 Å². The van der Waals surface area contributed by atoms with Gasteiger partial charge in [0.2, 0.25) is 0 Å². The normalized spacial score (nSPS) is 27.8. The summed E-state index contributed by atoms with van der Waals surface area (Å²) >= 11 is 0. The number of hydrogen-bond donors (Lipinski definition) is 1. The summed E-state index contributed by atoms with van der Waals surface area (Å²) in [7, 11) is 0. The lowest BCUT2D eigenvalue weighted by Gasteiger charge is -2.48. The molecule has 2 saturated carbocycles. The second kappa shape index (κ2) is 7.07. The predicted octanol–water partition coefficient (Wildman–Crippen LogP) is 3.46. The number of aromatic nitrogens is 2. The second-order valence-corrected chi connectivity index (χ2v) is 9.29. The highest BCUT2D eigenvalue weighted by Gasteiger charge is 2.61. The third-order valence-corrected chi connectivity index (χ3v) is 7.53. The first-order valence-corrected chi connectivity index (χ1v) is 11.1. The number of urea groups is 1.